The van der Waals surface area contributed by atoms with Crippen LogP contribution in [0, 0.1) is 6.92 Å². The molecule has 0 aliphatic heterocycles. The summed E-state index contributed by atoms with van der Waals surface area (Å²) in [5, 5.41) is 18.0. The molecule has 3 aromatic rings. The molecule has 0 unspecified atom stereocenters. The molecule has 3 heterocycles. The summed E-state index contributed by atoms with van der Waals surface area (Å²) >= 11 is 3.49. The summed E-state index contributed by atoms with van der Waals surface area (Å²) in [6.07, 6.45) is 3.59. The number of nitrogens with zero attached hydrogens (tertiary/aromatic N) is 5. The summed E-state index contributed by atoms with van der Waals surface area (Å²) in [5.41, 5.74) is 1.08. The maximum Gasteiger partial charge on any atom is 0.191 e. The summed E-state index contributed by atoms with van der Waals surface area (Å²) in [5.74, 6) is 1.85. The standard InChI is InChI=1S/C19H27N7S2/c1-4-18-25-23-13-26(18)11-10-22-19(20-5-2)21-9-8-15-6-7-17(28-15)16-12-27-14(3)24-16/h6-7,12-13H,4-5,8-11H2,1-3H3,(H2,20,21,22). The molecule has 28 heavy (non-hydrogen) atoms. The fourth-order valence-corrected chi connectivity index (χ4v) is 4.43. The molecule has 9 heteroatoms. The average molecular weight is 418 g/mol. The molecule has 0 amide bonds. The lowest BCUT2D eigenvalue weighted by atomic mass is 10.3. The smallest absolute Gasteiger partial charge is 0.191 e. The zero-order valence-electron chi connectivity index (χ0n) is 16.6. The maximum absolute atomic E-state index is 4.70. The van der Waals surface area contributed by atoms with Crippen LogP contribution >= 0.6 is 22.7 Å². The van der Waals surface area contributed by atoms with Crippen LogP contribution in [-0.2, 0) is 19.4 Å². The van der Waals surface area contributed by atoms with Crippen molar-refractivity contribution < 1.29 is 0 Å². The van der Waals surface area contributed by atoms with E-state index in [9.17, 15) is 0 Å². The topological polar surface area (TPSA) is 80.0 Å². The van der Waals surface area contributed by atoms with Crippen molar-refractivity contribution >= 4 is 28.6 Å². The first-order valence-corrected chi connectivity index (χ1v) is 11.3. The summed E-state index contributed by atoms with van der Waals surface area (Å²) < 4.78 is 2.07. The Morgan fingerprint density at radius 2 is 2.14 bits per heavy atom. The van der Waals surface area contributed by atoms with E-state index in [-0.39, 0.29) is 0 Å². The summed E-state index contributed by atoms with van der Waals surface area (Å²) in [6, 6.07) is 4.34. The fourth-order valence-electron chi connectivity index (χ4n) is 2.78. The normalized spacial score (nSPS) is 11.8. The number of aliphatic imine (C=N–C) groups is 1. The Bertz CT molecular complexity index is 894. The van der Waals surface area contributed by atoms with E-state index in [2.05, 4.69) is 61.7 Å². The maximum atomic E-state index is 4.70. The third-order valence-corrected chi connectivity index (χ3v) is 6.10. The molecular weight excluding hydrogens is 390 g/mol. The Balaban J connectivity index is 1.49. The van der Waals surface area contributed by atoms with E-state index in [4.69, 9.17) is 4.99 Å². The van der Waals surface area contributed by atoms with Crippen molar-refractivity contribution in [3.05, 3.63) is 39.5 Å². The van der Waals surface area contributed by atoms with Crippen molar-refractivity contribution in [3.63, 3.8) is 0 Å². The van der Waals surface area contributed by atoms with Gasteiger partial charge in [0.1, 0.15) is 12.2 Å². The van der Waals surface area contributed by atoms with Gasteiger partial charge in [0.15, 0.2) is 5.96 Å². The van der Waals surface area contributed by atoms with Crippen LogP contribution in [0.1, 0.15) is 29.6 Å². The second-order valence-corrected chi connectivity index (χ2v) is 8.48. The van der Waals surface area contributed by atoms with E-state index in [1.54, 1.807) is 29.0 Å². The van der Waals surface area contributed by atoms with E-state index < -0.39 is 0 Å². The van der Waals surface area contributed by atoms with Gasteiger partial charge in [-0.3, -0.25) is 4.99 Å². The molecule has 3 aromatic heterocycles. The predicted molar refractivity (Wildman–Crippen MR) is 117 cm³/mol. The Labute approximate surface area is 174 Å². The van der Waals surface area contributed by atoms with Crippen LogP contribution in [0.2, 0.25) is 0 Å². The highest BCUT2D eigenvalue weighted by molar-refractivity contribution is 7.16. The number of nitrogens with one attached hydrogen (secondary N) is 2. The first-order chi connectivity index (χ1) is 13.7. The van der Waals surface area contributed by atoms with Crippen molar-refractivity contribution in [1.82, 2.24) is 30.4 Å². The largest absolute Gasteiger partial charge is 0.357 e. The number of hydrogen-bond acceptors (Lipinski definition) is 6. The van der Waals surface area contributed by atoms with Crippen LogP contribution in [-0.4, -0.2) is 45.3 Å². The Morgan fingerprint density at radius 1 is 1.25 bits per heavy atom. The highest BCUT2D eigenvalue weighted by atomic mass is 32.1. The third-order valence-electron chi connectivity index (χ3n) is 4.16. The number of thiophene rings is 1. The second-order valence-electron chi connectivity index (χ2n) is 6.25. The monoisotopic (exact) mass is 417 g/mol. The van der Waals surface area contributed by atoms with Crippen molar-refractivity contribution in [2.75, 3.05) is 19.6 Å². The predicted octanol–water partition coefficient (Wildman–Crippen LogP) is 3.13. The number of guanidine groups is 1. The highest BCUT2D eigenvalue weighted by Gasteiger charge is 2.06. The Kier molecular flexibility index (Phi) is 7.55. The van der Waals surface area contributed by atoms with Crippen molar-refractivity contribution in [2.24, 2.45) is 4.99 Å². The van der Waals surface area contributed by atoms with Crippen LogP contribution in [0.15, 0.2) is 28.8 Å². The van der Waals surface area contributed by atoms with Gasteiger partial charge in [-0.05, 0) is 26.0 Å². The molecule has 0 aliphatic rings. The molecule has 0 radical (unpaired) electrons. The molecule has 7 nitrogen and oxygen atoms in total. The average Bonchev–Trinajstić information content (AvgIpc) is 3.42. The molecule has 0 saturated heterocycles. The molecule has 3 rings (SSSR count). The van der Waals surface area contributed by atoms with Gasteiger partial charge in [0.05, 0.1) is 15.6 Å². The number of thiazole rings is 1. The molecule has 0 saturated carbocycles. The molecule has 0 bridgehead atoms. The van der Waals surface area contributed by atoms with Crippen LogP contribution in [0.5, 0.6) is 0 Å². The molecule has 0 aliphatic carbocycles. The lowest BCUT2D eigenvalue weighted by molar-refractivity contribution is 0.632. The van der Waals surface area contributed by atoms with Gasteiger partial charge in [0, 0.05) is 49.3 Å². The SMILES string of the molecule is CCNC(=NCCc1ccc(-c2csc(C)n2)s1)NCCn1cnnc1CC. The van der Waals surface area contributed by atoms with Gasteiger partial charge in [0.25, 0.3) is 0 Å². The van der Waals surface area contributed by atoms with Gasteiger partial charge in [0.2, 0.25) is 0 Å². The summed E-state index contributed by atoms with van der Waals surface area (Å²) in [7, 11) is 0. The summed E-state index contributed by atoms with van der Waals surface area (Å²) in [4.78, 5) is 11.8. The minimum Gasteiger partial charge on any atom is -0.357 e. The van der Waals surface area contributed by atoms with Crippen molar-refractivity contribution in [3.8, 4) is 10.6 Å². The molecular formula is C19H27N7S2. The minimum atomic E-state index is 0.748. The summed E-state index contributed by atoms with van der Waals surface area (Å²) in [6.45, 7) is 9.39. The number of aromatic nitrogens is 4. The fraction of sp³-hybridized carbons (Fsp3) is 0.474. The van der Waals surface area contributed by atoms with Crippen molar-refractivity contribution in [1.29, 1.82) is 0 Å². The lowest BCUT2D eigenvalue weighted by Crippen LogP contribution is -2.39. The van der Waals surface area contributed by atoms with Gasteiger partial charge >= 0.3 is 0 Å². The van der Waals surface area contributed by atoms with E-state index in [1.807, 2.05) is 6.92 Å². The van der Waals surface area contributed by atoms with Gasteiger partial charge in [-0.1, -0.05) is 6.92 Å². The number of rotatable bonds is 9. The van der Waals surface area contributed by atoms with E-state index in [0.717, 1.165) is 61.5 Å². The number of aryl methyl sites for hydroxylation is 2. The van der Waals surface area contributed by atoms with Gasteiger partial charge < -0.3 is 15.2 Å². The van der Waals surface area contributed by atoms with Crippen LogP contribution < -0.4 is 10.6 Å². The van der Waals surface area contributed by atoms with E-state index in [0.29, 0.717) is 0 Å². The molecule has 150 valence electrons. The molecule has 0 aromatic carbocycles. The third kappa shape index (κ3) is 5.62. The number of hydrogen-bond donors (Lipinski definition) is 2. The van der Waals surface area contributed by atoms with Crippen LogP contribution in [0.3, 0.4) is 0 Å². The second kappa shape index (κ2) is 10.3. The van der Waals surface area contributed by atoms with Gasteiger partial charge in [-0.25, -0.2) is 4.98 Å². The molecule has 2 N–H and O–H groups in total. The Hall–Kier alpha value is -2.26. The Morgan fingerprint density at radius 3 is 2.89 bits per heavy atom. The van der Waals surface area contributed by atoms with Gasteiger partial charge in [-0.15, -0.1) is 32.9 Å². The quantitative estimate of drug-likeness (QED) is 0.413. The molecule has 0 fully saturated rings. The van der Waals surface area contributed by atoms with Crippen molar-refractivity contribution in [2.45, 2.75) is 40.2 Å². The zero-order chi connectivity index (χ0) is 19.8. The molecule has 0 atom stereocenters. The van der Waals surface area contributed by atoms with E-state index in [1.165, 1.54) is 9.75 Å². The van der Waals surface area contributed by atoms with Crippen LogP contribution in [0.4, 0.5) is 0 Å². The molecule has 0 spiro atoms. The zero-order valence-corrected chi connectivity index (χ0v) is 18.2. The first kappa shape index (κ1) is 20.5. The first-order valence-electron chi connectivity index (χ1n) is 9.59. The lowest BCUT2D eigenvalue weighted by Gasteiger charge is -2.12. The van der Waals surface area contributed by atoms with E-state index >= 15 is 0 Å². The van der Waals surface area contributed by atoms with Crippen LogP contribution in [0.25, 0.3) is 10.6 Å². The highest BCUT2D eigenvalue weighted by Crippen LogP contribution is 2.29. The minimum absolute atomic E-state index is 0.748. The van der Waals surface area contributed by atoms with Gasteiger partial charge in [-0.2, -0.15) is 0 Å².